The van der Waals surface area contributed by atoms with Crippen LogP contribution in [0.1, 0.15) is 5.56 Å². The van der Waals surface area contributed by atoms with Gasteiger partial charge in [0.25, 0.3) is 0 Å². The summed E-state index contributed by atoms with van der Waals surface area (Å²) in [6.45, 7) is 2.19. The average molecular weight is 283 g/mol. The Morgan fingerprint density at radius 1 is 1.35 bits per heavy atom. The SMILES string of the molecule is Cl.NCCN(CCO)Cc1cc(F)ccc1Cl. The molecule has 6 heteroatoms. The number of aliphatic hydroxyl groups is 1. The Labute approximate surface area is 112 Å². The Bertz CT molecular complexity index is 333. The summed E-state index contributed by atoms with van der Waals surface area (Å²) in [6, 6.07) is 4.26. The molecule has 0 amide bonds. The van der Waals surface area contributed by atoms with Crippen LogP contribution >= 0.6 is 24.0 Å². The van der Waals surface area contributed by atoms with E-state index in [0.717, 1.165) is 0 Å². The van der Waals surface area contributed by atoms with Crippen molar-refractivity contribution in [1.29, 1.82) is 0 Å². The van der Waals surface area contributed by atoms with Crippen LogP contribution in [0.5, 0.6) is 0 Å². The standard InChI is InChI=1S/C11H16ClFN2O.ClH/c12-11-2-1-10(13)7-9(11)8-15(4-3-14)5-6-16;/h1-2,7,16H,3-6,8,14H2;1H. The predicted octanol–water partition coefficient (Wildman–Crippen LogP) is 1.65. The van der Waals surface area contributed by atoms with Gasteiger partial charge >= 0.3 is 0 Å². The van der Waals surface area contributed by atoms with E-state index in [4.69, 9.17) is 22.4 Å². The van der Waals surface area contributed by atoms with Crippen molar-refractivity contribution < 1.29 is 9.50 Å². The first-order valence-corrected chi connectivity index (χ1v) is 5.52. The van der Waals surface area contributed by atoms with E-state index in [1.165, 1.54) is 18.2 Å². The van der Waals surface area contributed by atoms with Gasteiger partial charge in [-0.3, -0.25) is 4.90 Å². The first-order chi connectivity index (χ1) is 7.67. The lowest BCUT2D eigenvalue weighted by atomic mass is 10.2. The molecule has 0 bridgehead atoms. The Hall–Kier alpha value is -0.390. The van der Waals surface area contributed by atoms with Gasteiger partial charge in [-0.05, 0) is 23.8 Å². The number of aliphatic hydroxyl groups excluding tert-OH is 1. The fraction of sp³-hybridized carbons (Fsp3) is 0.455. The van der Waals surface area contributed by atoms with Crippen LogP contribution in [-0.2, 0) is 6.54 Å². The third-order valence-corrected chi connectivity index (χ3v) is 2.63. The number of benzene rings is 1. The minimum Gasteiger partial charge on any atom is -0.395 e. The normalized spacial score (nSPS) is 10.4. The topological polar surface area (TPSA) is 49.5 Å². The van der Waals surface area contributed by atoms with Crippen molar-refractivity contribution in [3.63, 3.8) is 0 Å². The Kier molecular flexibility index (Phi) is 8.47. The quantitative estimate of drug-likeness (QED) is 0.834. The van der Waals surface area contributed by atoms with Gasteiger partial charge in [-0.1, -0.05) is 11.6 Å². The van der Waals surface area contributed by atoms with Gasteiger partial charge in [0.1, 0.15) is 5.82 Å². The van der Waals surface area contributed by atoms with Crippen LogP contribution in [0.2, 0.25) is 5.02 Å². The first-order valence-electron chi connectivity index (χ1n) is 5.14. The van der Waals surface area contributed by atoms with Gasteiger partial charge < -0.3 is 10.8 Å². The zero-order chi connectivity index (χ0) is 12.0. The number of rotatable bonds is 6. The molecule has 17 heavy (non-hydrogen) atoms. The van der Waals surface area contributed by atoms with Crippen molar-refractivity contribution in [3.8, 4) is 0 Å². The van der Waals surface area contributed by atoms with Gasteiger partial charge in [0, 0.05) is 31.2 Å². The molecule has 3 nitrogen and oxygen atoms in total. The molecule has 0 saturated carbocycles. The molecule has 0 atom stereocenters. The van der Waals surface area contributed by atoms with E-state index < -0.39 is 0 Å². The third-order valence-electron chi connectivity index (χ3n) is 2.26. The Balaban J connectivity index is 0.00000256. The summed E-state index contributed by atoms with van der Waals surface area (Å²) < 4.78 is 13.0. The van der Waals surface area contributed by atoms with E-state index >= 15 is 0 Å². The molecule has 1 aromatic rings. The zero-order valence-corrected chi connectivity index (χ0v) is 11.0. The van der Waals surface area contributed by atoms with Crippen molar-refractivity contribution in [1.82, 2.24) is 4.90 Å². The van der Waals surface area contributed by atoms with Gasteiger partial charge in [-0.2, -0.15) is 0 Å². The van der Waals surface area contributed by atoms with E-state index in [1.807, 2.05) is 4.90 Å². The molecule has 0 aliphatic carbocycles. The molecular weight excluding hydrogens is 266 g/mol. The van der Waals surface area contributed by atoms with E-state index in [1.54, 1.807) is 0 Å². The van der Waals surface area contributed by atoms with Crippen molar-refractivity contribution in [2.45, 2.75) is 6.54 Å². The highest BCUT2D eigenvalue weighted by atomic mass is 35.5. The summed E-state index contributed by atoms with van der Waals surface area (Å²) >= 11 is 5.95. The molecule has 3 N–H and O–H groups in total. The molecule has 0 saturated heterocycles. The number of hydrogen-bond donors (Lipinski definition) is 2. The van der Waals surface area contributed by atoms with Gasteiger partial charge in [0.2, 0.25) is 0 Å². The van der Waals surface area contributed by atoms with Crippen LogP contribution in [0.4, 0.5) is 4.39 Å². The molecule has 0 heterocycles. The predicted molar refractivity (Wildman–Crippen MR) is 70.1 cm³/mol. The third kappa shape index (κ3) is 5.66. The van der Waals surface area contributed by atoms with E-state index in [2.05, 4.69) is 0 Å². The minimum absolute atomic E-state index is 0. The molecule has 98 valence electrons. The van der Waals surface area contributed by atoms with Crippen LogP contribution < -0.4 is 5.73 Å². The molecular formula is C11H17Cl2FN2O. The van der Waals surface area contributed by atoms with Crippen LogP contribution in [-0.4, -0.2) is 36.2 Å². The van der Waals surface area contributed by atoms with Crippen LogP contribution in [0.3, 0.4) is 0 Å². The lowest BCUT2D eigenvalue weighted by molar-refractivity contribution is 0.193. The van der Waals surface area contributed by atoms with E-state index in [0.29, 0.717) is 36.8 Å². The minimum atomic E-state index is -0.309. The maximum Gasteiger partial charge on any atom is 0.123 e. The van der Waals surface area contributed by atoms with Gasteiger partial charge in [0.15, 0.2) is 0 Å². The van der Waals surface area contributed by atoms with Crippen LogP contribution in [0.25, 0.3) is 0 Å². The maximum atomic E-state index is 13.0. The molecule has 0 aliphatic heterocycles. The summed E-state index contributed by atoms with van der Waals surface area (Å²) in [5.41, 5.74) is 6.16. The van der Waals surface area contributed by atoms with Gasteiger partial charge in [0.05, 0.1) is 6.61 Å². The second-order valence-corrected chi connectivity index (χ2v) is 3.93. The van der Waals surface area contributed by atoms with Crippen LogP contribution in [0, 0.1) is 5.82 Å². The van der Waals surface area contributed by atoms with Crippen molar-refractivity contribution >= 4 is 24.0 Å². The highest BCUT2D eigenvalue weighted by Gasteiger charge is 2.08. The lowest BCUT2D eigenvalue weighted by Crippen LogP contribution is -2.31. The van der Waals surface area contributed by atoms with Gasteiger partial charge in [-0.15, -0.1) is 12.4 Å². The average Bonchev–Trinajstić information content (AvgIpc) is 2.24. The highest BCUT2D eigenvalue weighted by molar-refractivity contribution is 6.31. The largest absolute Gasteiger partial charge is 0.395 e. The monoisotopic (exact) mass is 282 g/mol. The van der Waals surface area contributed by atoms with E-state index in [-0.39, 0.29) is 24.8 Å². The second-order valence-electron chi connectivity index (χ2n) is 3.52. The number of nitrogens with zero attached hydrogens (tertiary/aromatic N) is 1. The molecule has 1 aromatic carbocycles. The molecule has 0 fully saturated rings. The van der Waals surface area contributed by atoms with E-state index in [9.17, 15) is 4.39 Å². The number of halogens is 3. The molecule has 0 spiro atoms. The van der Waals surface area contributed by atoms with Crippen molar-refractivity contribution in [3.05, 3.63) is 34.6 Å². The summed E-state index contributed by atoms with van der Waals surface area (Å²) in [7, 11) is 0. The summed E-state index contributed by atoms with van der Waals surface area (Å²) in [5, 5.41) is 9.40. The summed E-state index contributed by atoms with van der Waals surface area (Å²) in [4.78, 5) is 1.93. The molecule has 1 rings (SSSR count). The van der Waals surface area contributed by atoms with Crippen molar-refractivity contribution in [2.24, 2.45) is 5.73 Å². The molecule has 0 unspecified atom stereocenters. The highest BCUT2D eigenvalue weighted by Crippen LogP contribution is 2.18. The summed E-state index contributed by atoms with van der Waals surface area (Å²) in [5.74, 6) is -0.309. The molecule has 0 aromatic heterocycles. The zero-order valence-electron chi connectivity index (χ0n) is 9.40. The van der Waals surface area contributed by atoms with Crippen molar-refractivity contribution in [2.75, 3.05) is 26.2 Å². The second kappa shape index (κ2) is 8.66. The summed E-state index contributed by atoms with van der Waals surface area (Å²) in [6.07, 6.45) is 0. The number of nitrogens with two attached hydrogens (primary N) is 1. The fourth-order valence-electron chi connectivity index (χ4n) is 1.50. The Morgan fingerprint density at radius 2 is 2.06 bits per heavy atom. The number of hydrogen-bond acceptors (Lipinski definition) is 3. The van der Waals surface area contributed by atoms with Crippen LogP contribution in [0.15, 0.2) is 18.2 Å². The molecule has 0 radical (unpaired) electrons. The van der Waals surface area contributed by atoms with Gasteiger partial charge in [-0.25, -0.2) is 4.39 Å². The molecule has 0 aliphatic rings. The lowest BCUT2D eigenvalue weighted by Gasteiger charge is -2.21. The maximum absolute atomic E-state index is 13.0. The smallest absolute Gasteiger partial charge is 0.123 e. The fourth-order valence-corrected chi connectivity index (χ4v) is 1.68. The first kappa shape index (κ1) is 16.6. The Morgan fingerprint density at radius 3 is 2.65 bits per heavy atom.